The maximum absolute atomic E-state index is 13.4. The molecule has 0 aliphatic rings. The number of benzene rings is 2. The fourth-order valence-corrected chi connectivity index (χ4v) is 1.56. The number of rotatable bonds is 4. The third-order valence-corrected chi connectivity index (χ3v) is 2.61. The molecule has 0 bridgehead atoms. The first-order chi connectivity index (χ1) is 9.20. The van der Waals surface area contributed by atoms with E-state index in [1.807, 2.05) is 0 Å². The summed E-state index contributed by atoms with van der Waals surface area (Å²) in [6.07, 6.45) is 0. The molecule has 0 aliphatic heterocycles. The topological polar surface area (TPSA) is 67.8 Å². The third kappa shape index (κ3) is 3.22. The van der Waals surface area contributed by atoms with Crippen LogP contribution in [-0.2, 0) is 6.61 Å². The summed E-state index contributed by atoms with van der Waals surface area (Å²) in [6, 6.07) is 13.1. The lowest BCUT2D eigenvalue weighted by atomic mass is 10.2. The zero-order valence-electron chi connectivity index (χ0n) is 10.1. The quantitative estimate of drug-likeness (QED) is 0.384. The lowest BCUT2D eigenvalue weighted by Crippen LogP contribution is -2.12. The summed E-state index contributed by atoms with van der Waals surface area (Å²) >= 11 is 0. The molecule has 0 amide bonds. The summed E-state index contributed by atoms with van der Waals surface area (Å²) in [5.41, 5.74) is 6.51. The van der Waals surface area contributed by atoms with Gasteiger partial charge in [-0.3, -0.25) is 0 Å². The van der Waals surface area contributed by atoms with Crippen LogP contribution in [0.25, 0.3) is 0 Å². The van der Waals surface area contributed by atoms with Crippen molar-refractivity contribution in [2.45, 2.75) is 6.61 Å². The van der Waals surface area contributed by atoms with Crippen LogP contribution in [0.2, 0.25) is 0 Å². The van der Waals surface area contributed by atoms with Crippen molar-refractivity contribution in [3.63, 3.8) is 0 Å². The Labute approximate surface area is 109 Å². The molecule has 5 heteroatoms. The van der Waals surface area contributed by atoms with Gasteiger partial charge in [0.05, 0.1) is 0 Å². The smallest absolute Gasteiger partial charge is 0.170 e. The minimum Gasteiger partial charge on any atom is -0.489 e. The molecular weight excluding hydrogens is 247 g/mol. The summed E-state index contributed by atoms with van der Waals surface area (Å²) in [5.74, 6) is 0.314. The molecule has 19 heavy (non-hydrogen) atoms. The molecule has 0 unspecified atom stereocenters. The van der Waals surface area contributed by atoms with Gasteiger partial charge in [-0.15, -0.1) is 0 Å². The summed E-state index contributed by atoms with van der Waals surface area (Å²) in [6.45, 7) is 0.148. The number of amidine groups is 1. The molecule has 0 heterocycles. The molecule has 0 aliphatic carbocycles. The average molecular weight is 260 g/mol. The van der Waals surface area contributed by atoms with Crippen LogP contribution >= 0.6 is 0 Å². The lowest BCUT2D eigenvalue weighted by Gasteiger charge is -2.07. The molecule has 0 aromatic heterocycles. The first-order valence-corrected chi connectivity index (χ1v) is 5.65. The molecule has 2 rings (SSSR count). The van der Waals surface area contributed by atoms with Crippen molar-refractivity contribution in [3.05, 3.63) is 65.5 Å². The Bertz CT molecular complexity index is 582. The van der Waals surface area contributed by atoms with Gasteiger partial charge in [0.15, 0.2) is 5.84 Å². The van der Waals surface area contributed by atoms with Gasteiger partial charge in [0, 0.05) is 11.1 Å². The summed E-state index contributed by atoms with van der Waals surface area (Å²) in [7, 11) is 0. The minimum absolute atomic E-state index is 0.0284. The number of oxime groups is 1. The van der Waals surface area contributed by atoms with Gasteiger partial charge < -0.3 is 15.7 Å². The van der Waals surface area contributed by atoms with Crippen molar-refractivity contribution >= 4 is 5.84 Å². The Hall–Kier alpha value is -2.56. The van der Waals surface area contributed by atoms with E-state index >= 15 is 0 Å². The van der Waals surface area contributed by atoms with Gasteiger partial charge in [-0.2, -0.15) is 0 Å². The van der Waals surface area contributed by atoms with Gasteiger partial charge in [0.2, 0.25) is 0 Å². The minimum atomic E-state index is -0.296. The Morgan fingerprint density at radius 1 is 1.16 bits per heavy atom. The zero-order valence-corrected chi connectivity index (χ0v) is 10.1. The predicted molar refractivity (Wildman–Crippen MR) is 69.7 cm³/mol. The summed E-state index contributed by atoms with van der Waals surface area (Å²) in [4.78, 5) is 0. The van der Waals surface area contributed by atoms with Crippen LogP contribution in [0.3, 0.4) is 0 Å². The van der Waals surface area contributed by atoms with Gasteiger partial charge in [0.25, 0.3) is 0 Å². The molecule has 2 aromatic rings. The standard InChI is InChI=1S/C14H13FN2O2/c15-13-4-2-1-3-11(13)9-19-12-7-5-10(6-8-12)14(16)17-18/h1-8,18H,9H2,(H2,16,17). The first kappa shape index (κ1) is 12.9. The maximum Gasteiger partial charge on any atom is 0.170 e. The fraction of sp³-hybridized carbons (Fsp3) is 0.0714. The zero-order chi connectivity index (χ0) is 13.7. The van der Waals surface area contributed by atoms with E-state index in [4.69, 9.17) is 15.7 Å². The van der Waals surface area contributed by atoms with Crippen LogP contribution in [0.5, 0.6) is 5.75 Å². The number of hydrogen-bond donors (Lipinski definition) is 2. The van der Waals surface area contributed by atoms with Crippen molar-refractivity contribution in [1.29, 1.82) is 0 Å². The number of nitrogens with two attached hydrogens (primary N) is 1. The molecule has 0 fully saturated rings. The van der Waals surface area contributed by atoms with Crippen molar-refractivity contribution in [3.8, 4) is 5.75 Å². The van der Waals surface area contributed by atoms with Gasteiger partial charge in [-0.1, -0.05) is 23.4 Å². The molecule has 2 aromatic carbocycles. The van der Waals surface area contributed by atoms with Crippen LogP contribution in [0.15, 0.2) is 53.7 Å². The van der Waals surface area contributed by atoms with Crippen molar-refractivity contribution in [1.82, 2.24) is 0 Å². The van der Waals surface area contributed by atoms with Crippen molar-refractivity contribution in [2.24, 2.45) is 10.9 Å². The molecular formula is C14H13FN2O2. The van der Waals surface area contributed by atoms with E-state index in [2.05, 4.69) is 5.16 Å². The Morgan fingerprint density at radius 2 is 1.84 bits per heavy atom. The maximum atomic E-state index is 13.4. The summed E-state index contributed by atoms with van der Waals surface area (Å²) in [5, 5.41) is 11.4. The van der Waals surface area contributed by atoms with E-state index in [9.17, 15) is 4.39 Å². The van der Waals surface area contributed by atoms with Gasteiger partial charge in [-0.25, -0.2) is 4.39 Å². The number of nitrogens with zero attached hydrogens (tertiary/aromatic N) is 1. The molecule has 4 nitrogen and oxygen atoms in total. The van der Waals surface area contributed by atoms with E-state index in [0.717, 1.165) is 0 Å². The molecule has 3 N–H and O–H groups in total. The second-order valence-electron chi connectivity index (χ2n) is 3.89. The molecule has 0 radical (unpaired) electrons. The highest BCUT2D eigenvalue weighted by Gasteiger charge is 2.03. The van der Waals surface area contributed by atoms with E-state index in [1.165, 1.54) is 6.07 Å². The SMILES string of the molecule is N/C(=N\O)c1ccc(OCc2ccccc2F)cc1. The second-order valence-corrected chi connectivity index (χ2v) is 3.89. The fourth-order valence-electron chi connectivity index (χ4n) is 1.56. The van der Waals surface area contributed by atoms with Crippen LogP contribution in [0, 0.1) is 5.82 Å². The monoisotopic (exact) mass is 260 g/mol. The largest absolute Gasteiger partial charge is 0.489 e. The lowest BCUT2D eigenvalue weighted by molar-refractivity contribution is 0.300. The van der Waals surface area contributed by atoms with Crippen molar-refractivity contribution in [2.75, 3.05) is 0 Å². The highest BCUT2D eigenvalue weighted by Crippen LogP contribution is 2.15. The van der Waals surface area contributed by atoms with Gasteiger partial charge in [-0.05, 0) is 30.3 Å². The van der Waals surface area contributed by atoms with Crippen molar-refractivity contribution < 1.29 is 14.3 Å². The van der Waals surface area contributed by atoms with E-state index < -0.39 is 0 Å². The Morgan fingerprint density at radius 3 is 2.47 bits per heavy atom. The normalized spacial score (nSPS) is 11.3. The van der Waals surface area contributed by atoms with Crippen LogP contribution in [0.1, 0.15) is 11.1 Å². The van der Waals surface area contributed by atoms with Crippen LogP contribution in [-0.4, -0.2) is 11.0 Å². The highest BCUT2D eigenvalue weighted by molar-refractivity contribution is 5.97. The number of ether oxygens (including phenoxy) is 1. The molecule has 0 atom stereocenters. The second kappa shape index (κ2) is 5.86. The van der Waals surface area contributed by atoms with Gasteiger partial charge in [0.1, 0.15) is 18.2 Å². The summed E-state index contributed by atoms with van der Waals surface area (Å²) < 4.78 is 18.8. The highest BCUT2D eigenvalue weighted by atomic mass is 19.1. The van der Waals surface area contributed by atoms with E-state index in [0.29, 0.717) is 16.9 Å². The van der Waals surface area contributed by atoms with Crippen LogP contribution < -0.4 is 10.5 Å². The number of halogens is 1. The number of hydrogen-bond acceptors (Lipinski definition) is 3. The molecule has 98 valence electrons. The first-order valence-electron chi connectivity index (χ1n) is 5.65. The molecule has 0 saturated heterocycles. The Kier molecular flexibility index (Phi) is 3.97. The molecule has 0 saturated carbocycles. The third-order valence-electron chi connectivity index (χ3n) is 2.61. The Balaban J connectivity index is 2.03. The van der Waals surface area contributed by atoms with Gasteiger partial charge >= 0.3 is 0 Å². The predicted octanol–water partition coefficient (Wildman–Crippen LogP) is 2.50. The van der Waals surface area contributed by atoms with E-state index in [1.54, 1.807) is 42.5 Å². The molecule has 0 spiro atoms. The average Bonchev–Trinajstić information content (AvgIpc) is 2.46. The van der Waals surface area contributed by atoms with Crippen LogP contribution in [0.4, 0.5) is 4.39 Å². The van der Waals surface area contributed by atoms with E-state index in [-0.39, 0.29) is 18.3 Å².